The third-order valence-corrected chi connectivity index (χ3v) is 2.61. The van der Waals surface area contributed by atoms with E-state index in [1.54, 1.807) is 19.5 Å². The fourth-order valence-electron chi connectivity index (χ4n) is 1.74. The third-order valence-electron chi connectivity index (χ3n) is 2.61. The lowest BCUT2D eigenvalue weighted by Gasteiger charge is -1.96. The van der Waals surface area contributed by atoms with Crippen LogP contribution < -0.4 is 5.73 Å². The van der Waals surface area contributed by atoms with Gasteiger partial charge in [-0.2, -0.15) is 0 Å². The highest BCUT2D eigenvalue weighted by molar-refractivity contribution is 6.09. The first-order valence-corrected chi connectivity index (χ1v) is 5.52. The summed E-state index contributed by atoms with van der Waals surface area (Å²) in [6, 6.07) is 3.85. The second kappa shape index (κ2) is 4.82. The molecule has 2 heterocycles. The van der Waals surface area contributed by atoms with Crippen molar-refractivity contribution in [2.75, 3.05) is 7.05 Å². The average Bonchev–Trinajstić information content (AvgIpc) is 2.79. The van der Waals surface area contributed by atoms with E-state index in [1.807, 2.05) is 12.1 Å². The molecular formula is C13H15N3O. The standard InChI is InChI=1S/C13H15N3O/c1-3-9-4-5-16-11-6-12(17-13(9)11)10(7-14)8-15-2/h4-8H,3,14H2,1-2H3/b10-7+,15-8?. The number of rotatable bonds is 3. The molecule has 0 fully saturated rings. The van der Waals surface area contributed by atoms with Gasteiger partial charge in [-0.15, -0.1) is 0 Å². The Morgan fingerprint density at radius 3 is 3.06 bits per heavy atom. The maximum Gasteiger partial charge on any atom is 0.156 e. The van der Waals surface area contributed by atoms with Crippen molar-refractivity contribution in [3.8, 4) is 0 Å². The molecule has 2 N–H and O–H groups in total. The normalized spacial score (nSPS) is 12.7. The zero-order valence-corrected chi connectivity index (χ0v) is 9.97. The van der Waals surface area contributed by atoms with Crippen molar-refractivity contribution in [2.45, 2.75) is 13.3 Å². The largest absolute Gasteiger partial charge is 0.454 e. The second-order valence-electron chi connectivity index (χ2n) is 3.66. The topological polar surface area (TPSA) is 64.4 Å². The monoisotopic (exact) mass is 229 g/mol. The molecule has 2 rings (SSSR count). The van der Waals surface area contributed by atoms with Gasteiger partial charge in [-0.05, 0) is 18.1 Å². The molecule has 0 aromatic carbocycles. The van der Waals surface area contributed by atoms with Crippen LogP contribution in [0.4, 0.5) is 0 Å². The molecule has 0 saturated heterocycles. The van der Waals surface area contributed by atoms with E-state index in [-0.39, 0.29) is 0 Å². The Kier molecular flexibility index (Phi) is 3.23. The van der Waals surface area contributed by atoms with Crippen molar-refractivity contribution in [1.82, 2.24) is 4.98 Å². The van der Waals surface area contributed by atoms with Gasteiger partial charge in [-0.25, -0.2) is 0 Å². The highest BCUT2D eigenvalue weighted by Crippen LogP contribution is 2.25. The fourth-order valence-corrected chi connectivity index (χ4v) is 1.74. The minimum atomic E-state index is 0.696. The average molecular weight is 229 g/mol. The number of aryl methyl sites for hydroxylation is 1. The molecule has 88 valence electrons. The minimum absolute atomic E-state index is 0.696. The number of hydrogen-bond donors (Lipinski definition) is 1. The number of aliphatic imine (C=N–C) groups is 1. The molecule has 0 saturated carbocycles. The van der Waals surface area contributed by atoms with Crippen LogP contribution in [-0.2, 0) is 6.42 Å². The molecule has 0 atom stereocenters. The van der Waals surface area contributed by atoms with E-state index in [9.17, 15) is 0 Å². The zero-order chi connectivity index (χ0) is 12.3. The van der Waals surface area contributed by atoms with Crippen LogP contribution in [0.1, 0.15) is 18.2 Å². The van der Waals surface area contributed by atoms with Gasteiger partial charge in [-0.1, -0.05) is 6.92 Å². The highest BCUT2D eigenvalue weighted by Gasteiger charge is 2.10. The summed E-state index contributed by atoms with van der Waals surface area (Å²) in [6.07, 6.45) is 5.86. The predicted molar refractivity (Wildman–Crippen MR) is 70.0 cm³/mol. The van der Waals surface area contributed by atoms with Gasteiger partial charge in [0.15, 0.2) is 5.58 Å². The Labute approximate surface area is 99.9 Å². The minimum Gasteiger partial charge on any atom is -0.454 e. The van der Waals surface area contributed by atoms with E-state index < -0.39 is 0 Å². The molecule has 2 aromatic rings. The summed E-state index contributed by atoms with van der Waals surface area (Å²) in [6.45, 7) is 2.09. The van der Waals surface area contributed by atoms with Crippen LogP contribution >= 0.6 is 0 Å². The van der Waals surface area contributed by atoms with Crippen LogP contribution in [0.15, 0.2) is 33.9 Å². The van der Waals surface area contributed by atoms with Gasteiger partial charge in [0.25, 0.3) is 0 Å². The van der Waals surface area contributed by atoms with Crippen LogP contribution in [0.2, 0.25) is 0 Å². The predicted octanol–water partition coefficient (Wildman–Crippen LogP) is 2.39. The lowest BCUT2D eigenvalue weighted by atomic mass is 10.2. The summed E-state index contributed by atoms with van der Waals surface area (Å²) >= 11 is 0. The van der Waals surface area contributed by atoms with Gasteiger partial charge in [0.1, 0.15) is 11.3 Å². The number of nitrogens with zero attached hydrogens (tertiary/aromatic N) is 2. The Bertz CT molecular complexity index is 581. The molecule has 0 aliphatic carbocycles. The molecule has 0 amide bonds. The molecule has 17 heavy (non-hydrogen) atoms. The van der Waals surface area contributed by atoms with Crippen molar-refractivity contribution < 1.29 is 4.42 Å². The third kappa shape index (κ3) is 2.06. The molecule has 4 nitrogen and oxygen atoms in total. The Morgan fingerprint density at radius 2 is 2.41 bits per heavy atom. The van der Waals surface area contributed by atoms with Crippen LogP contribution in [0.5, 0.6) is 0 Å². The molecule has 0 spiro atoms. The second-order valence-corrected chi connectivity index (χ2v) is 3.66. The molecule has 2 aromatic heterocycles. The van der Waals surface area contributed by atoms with Crippen LogP contribution in [0, 0.1) is 0 Å². The molecule has 0 unspecified atom stereocenters. The van der Waals surface area contributed by atoms with Gasteiger partial charge in [0.05, 0.1) is 5.57 Å². The van der Waals surface area contributed by atoms with Gasteiger partial charge in [-0.3, -0.25) is 9.98 Å². The fraction of sp³-hybridized carbons (Fsp3) is 0.231. The Balaban J connectivity index is 2.58. The van der Waals surface area contributed by atoms with Crippen LogP contribution in [0.25, 0.3) is 16.7 Å². The summed E-state index contributed by atoms with van der Waals surface area (Å²) in [5.41, 5.74) is 9.13. The number of furan rings is 1. The SMILES string of the molecule is CCc1ccnc2cc(/C(C=NC)=C/N)oc12. The van der Waals surface area contributed by atoms with E-state index in [2.05, 4.69) is 16.9 Å². The molecule has 0 aliphatic heterocycles. The Morgan fingerprint density at radius 1 is 1.59 bits per heavy atom. The maximum absolute atomic E-state index is 5.79. The summed E-state index contributed by atoms with van der Waals surface area (Å²) in [4.78, 5) is 8.22. The van der Waals surface area contributed by atoms with E-state index in [0.717, 1.165) is 28.7 Å². The van der Waals surface area contributed by atoms with Crippen molar-refractivity contribution in [1.29, 1.82) is 0 Å². The van der Waals surface area contributed by atoms with E-state index >= 15 is 0 Å². The quantitative estimate of drug-likeness (QED) is 0.822. The Hall–Kier alpha value is -2.10. The van der Waals surface area contributed by atoms with Crippen molar-refractivity contribution in [2.24, 2.45) is 10.7 Å². The van der Waals surface area contributed by atoms with Gasteiger partial charge < -0.3 is 10.2 Å². The lowest BCUT2D eigenvalue weighted by Crippen LogP contribution is -1.88. The number of fused-ring (bicyclic) bond motifs is 1. The van der Waals surface area contributed by atoms with E-state index in [4.69, 9.17) is 10.2 Å². The number of nitrogens with two attached hydrogens (primary N) is 1. The van der Waals surface area contributed by atoms with Crippen molar-refractivity contribution >= 4 is 22.9 Å². The van der Waals surface area contributed by atoms with Crippen molar-refractivity contribution in [3.05, 3.63) is 35.9 Å². The number of hydrogen-bond acceptors (Lipinski definition) is 4. The lowest BCUT2D eigenvalue weighted by molar-refractivity contribution is 0.597. The maximum atomic E-state index is 5.79. The zero-order valence-electron chi connectivity index (χ0n) is 9.97. The van der Waals surface area contributed by atoms with Crippen LogP contribution in [-0.4, -0.2) is 18.2 Å². The molecular weight excluding hydrogens is 214 g/mol. The highest BCUT2D eigenvalue weighted by atomic mass is 16.3. The van der Waals surface area contributed by atoms with E-state index in [0.29, 0.717) is 5.76 Å². The summed E-state index contributed by atoms with van der Waals surface area (Å²) in [7, 11) is 1.70. The first-order chi connectivity index (χ1) is 8.30. The number of aromatic nitrogens is 1. The number of allylic oxidation sites excluding steroid dienone is 1. The molecule has 4 heteroatoms. The number of pyridine rings is 1. The summed E-state index contributed by atoms with van der Waals surface area (Å²) < 4.78 is 5.79. The molecule has 0 bridgehead atoms. The van der Waals surface area contributed by atoms with Gasteiger partial charge in [0.2, 0.25) is 0 Å². The molecule has 0 aliphatic rings. The molecule has 0 radical (unpaired) electrons. The first-order valence-electron chi connectivity index (χ1n) is 5.52. The van der Waals surface area contributed by atoms with Crippen molar-refractivity contribution in [3.63, 3.8) is 0 Å². The smallest absolute Gasteiger partial charge is 0.156 e. The van der Waals surface area contributed by atoms with E-state index in [1.165, 1.54) is 6.20 Å². The van der Waals surface area contributed by atoms with Crippen LogP contribution in [0.3, 0.4) is 0 Å². The van der Waals surface area contributed by atoms with Gasteiger partial charge >= 0.3 is 0 Å². The van der Waals surface area contributed by atoms with Gasteiger partial charge in [0, 0.05) is 31.7 Å². The summed E-state index contributed by atoms with van der Waals surface area (Å²) in [5, 5.41) is 0. The first kappa shape index (κ1) is 11.4. The summed E-state index contributed by atoms with van der Waals surface area (Å²) in [5.74, 6) is 0.696.